The van der Waals surface area contributed by atoms with Crippen LogP contribution in [-0.4, -0.2) is 71.4 Å². The van der Waals surface area contributed by atoms with E-state index in [1.54, 1.807) is 6.07 Å². The number of likely N-dealkylation sites (N-methyl/N-ethyl adjacent to an activating group) is 1. The number of esters is 2. The molecule has 3 atom stereocenters. The van der Waals surface area contributed by atoms with Gasteiger partial charge in [-0.3, -0.25) is 24.2 Å². The molecule has 1 aliphatic carbocycles. The largest absolute Gasteiger partial charge is 0.469 e. The lowest BCUT2D eigenvalue weighted by molar-refractivity contribution is -0.141. The minimum absolute atomic E-state index is 0.169. The summed E-state index contributed by atoms with van der Waals surface area (Å²) in [7, 11) is 4.77. The summed E-state index contributed by atoms with van der Waals surface area (Å²) in [6, 6.07) is 11.4. The number of fused-ring (bicyclic) bond motifs is 11. The van der Waals surface area contributed by atoms with Crippen LogP contribution in [0.15, 0.2) is 42.0 Å². The molecule has 310 valence electrons. The van der Waals surface area contributed by atoms with Gasteiger partial charge in [-0.25, -0.2) is 4.98 Å². The molecule has 0 radical (unpaired) electrons. The summed E-state index contributed by atoms with van der Waals surface area (Å²) in [6.07, 6.45) is 5.27. The summed E-state index contributed by atoms with van der Waals surface area (Å²) in [5, 5.41) is 0. The minimum atomic E-state index is -0.875. The van der Waals surface area contributed by atoms with Gasteiger partial charge >= 0.3 is 11.9 Å². The lowest BCUT2D eigenvalue weighted by Gasteiger charge is -2.58. The molecule has 0 spiro atoms. The summed E-state index contributed by atoms with van der Waals surface area (Å²) in [6.45, 7) is 12.6. The first-order valence-corrected chi connectivity index (χ1v) is 20.6. The molecule has 4 N–H and O–H groups in total. The van der Waals surface area contributed by atoms with Crippen LogP contribution in [0.4, 0.5) is 5.69 Å². The number of aromatic nitrogens is 4. The van der Waals surface area contributed by atoms with E-state index >= 15 is 0 Å². The highest BCUT2D eigenvalue weighted by atomic mass is 16.5. The van der Waals surface area contributed by atoms with Crippen molar-refractivity contribution in [3.8, 4) is 0 Å². The van der Waals surface area contributed by atoms with Gasteiger partial charge in [-0.05, 0) is 135 Å². The summed E-state index contributed by atoms with van der Waals surface area (Å²) < 4.78 is 10.1. The van der Waals surface area contributed by atoms with Crippen molar-refractivity contribution in [3.05, 3.63) is 104 Å². The van der Waals surface area contributed by atoms with Crippen molar-refractivity contribution >= 4 is 69.1 Å². The zero-order valence-corrected chi connectivity index (χ0v) is 35.8. The van der Waals surface area contributed by atoms with Crippen molar-refractivity contribution in [1.82, 2.24) is 19.9 Å². The van der Waals surface area contributed by atoms with E-state index in [9.17, 15) is 19.2 Å². The maximum absolute atomic E-state index is 13.9. The predicted octanol–water partition coefficient (Wildman–Crippen LogP) is 7.65. The number of nitrogens with two attached hydrogens (primary N) is 1. The zero-order valence-electron chi connectivity index (χ0n) is 35.8. The fourth-order valence-electron chi connectivity index (χ4n) is 10.8. The highest BCUT2D eigenvalue weighted by molar-refractivity contribution is 6.04. The van der Waals surface area contributed by atoms with Crippen LogP contribution in [0.5, 0.6) is 0 Å². The smallest absolute Gasteiger partial charge is 0.305 e. The van der Waals surface area contributed by atoms with Crippen molar-refractivity contribution in [2.24, 2.45) is 5.73 Å². The van der Waals surface area contributed by atoms with E-state index in [0.717, 1.165) is 101 Å². The standard InChI is InChI=1S/C48H52N6O6/c1-10-28-26(5)43-31-19-32(46(49)58)45-48(11-2)44(31)53-40(47(48,6)33-18-27(23-55)12-15-39(33)54(45)7)22-35-25(4)30(14-17-42(57)60-9)38(51-35)21-37-29(13-16-41(56)59-8)24(3)34(50-37)20-36(28)52-43/h12,15,18-23,45,50-51H,10-11,13-14,16-17H2,1-9H3,(H2,49,58). The summed E-state index contributed by atoms with van der Waals surface area (Å²) in [4.78, 5) is 72.0. The van der Waals surface area contributed by atoms with E-state index in [0.29, 0.717) is 36.8 Å². The molecule has 1 amide bonds. The second-order valence-corrected chi connectivity index (χ2v) is 16.6. The number of hydrogen-bond donors (Lipinski definition) is 3. The molecule has 8 rings (SSSR count). The Bertz CT molecular complexity index is 2790. The Kier molecular flexibility index (Phi) is 9.96. The third-order valence-corrected chi connectivity index (χ3v) is 14.0. The van der Waals surface area contributed by atoms with Crippen molar-refractivity contribution < 1.29 is 28.7 Å². The van der Waals surface area contributed by atoms with Gasteiger partial charge in [-0.2, -0.15) is 0 Å². The van der Waals surface area contributed by atoms with Gasteiger partial charge in [0.2, 0.25) is 5.91 Å². The van der Waals surface area contributed by atoms with Gasteiger partial charge in [0.1, 0.15) is 6.29 Å². The topological polar surface area (TPSA) is 173 Å². The van der Waals surface area contributed by atoms with Crippen LogP contribution in [0.1, 0.15) is 120 Å². The number of rotatable bonds is 10. The number of aryl methyl sites for hydroxylation is 4. The number of ether oxygens (including phenoxy) is 2. The Morgan fingerprint density at radius 3 is 2.05 bits per heavy atom. The van der Waals surface area contributed by atoms with Crippen LogP contribution in [0, 0.1) is 13.8 Å². The molecule has 3 aromatic heterocycles. The second kappa shape index (κ2) is 14.8. The first kappa shape index (κ1) is 40.5. The quantitative estimate of drug-likeness (QED) is 0.107. The minimum Gasteiger partial charge on any atom is -0.469 e. The Hall–Kier alpha value is -6.30. The second-order valence-electron chi connectivity index (χ2n) is 16.6. The number of primary amides is 1. The van der Waals surface area contributed by atoms with Crippen LogP contribution in [0.3, 0.4) is 0 Å². The van der Waals surface area contributed by atoms with Crippen LogP contribution in [0.2, 0.25) is 0 Å². The molecule has 0 saturated carbocycles. The molecule has 0 saturated heterocycles. The average Bonchev–Trinajstić information content (AvgIpc) is 3.90. The zero-order chi connectivity index (χ0) is 43.0. The number of amides is 1. The number of aldehydes is 1. The highest BCUT2D eigenvalue weighted by Gasteiger charge is 2.67. The number of nitrogens with zero attached hydrogens (tertiary/aromatic N) is 3. The molecule has 8 bridgehead atoms. The fraction of sp³-hybridized carbons (Fsp3) is 0.375. The van der Waals surface area contributed by atoms with Crippen molar-refractivity contribution in [1.29, 1.82) is 0 Å². The highest BCUT2D eigenvalue weighted by Crippen LogP contribution is 2.64. The molecular weight excluding hydrogens is 757 g/mol. The van der Waals surface area contributed by atoms with Crippen molar-refractivity contribution in [2.75, 3.05) is 26.2 Å². The van der Waals surface area contributed by atoms with Gasteiger partial charge in [0.15, 0.2) is 0 Å². The maximum atomic E-state index is 13.9. The molecule has 0 fully saturated rings. The molecule has 60 heavy (non-hydrogen) atoms. The van der Waals surface area contributed by atoms with E-state index in [-0.39, 0.29) is 24.8 Å². The predicted molar refractivity (Wildman–Crippen MR) is 234 cm³/mol. The number of aromatic amines is 2. The van der Waals surface area contributed by atoms with Gasteiger partial charge in [0.05, 0.1) is 53.9 Å². The SMILES string of the molecule is CCC1=C(C)c2nc1cc1[nH]c(cc3[nH]c(cc4nc5c2C=C(C(N)=O)C2N(C)c6ccc(C=O)cc6C4(C)C52CC)c(C)c3CCC(=O)OC)c(CCC(=O)OC)c1C. The van der Waals surface area contributed by atoms with E-state index in [4.69, 9.17) is 25.2 Å². The van der Waals surface area contributed by atoms with Crippen LogP contribution < -0.4 is 10.6 Å². The normalized spacial score (nSPS) is 20.1. The summed E-state index contributed by atoms with van der Waals surface area (Å²) >= 11 is 0. The first-order chi connectivity index (χ1) is 28.7. The van der Waals surface area contributed by atoms with Crippen LogP contribution in [-0.2, 0) is 47.5 Å². The van der Waals surface area contributed by atoms with E-state index in [1.807, 2.05) is 39.1 Å². The number of nitrogens with one attached hydrogen (secondary N) is 2. The lowest BCUT2D eigenvalue weighted by atomic mass is 9.49. The molecule has 3 aliphatic heterocycles. The molecule has 12 heteroatoms. The number of hydrogen-bond acceptors (Lipinski definition) is 9. The summed E-state index contributed by atoms with van der Waals surface area (Å²) in [5.74, 6) is -1.15. The third-order valence-electron chi connectivity index (χ3n) is 14.0. The van der Waals surface area contributed by atoms with Crippen molar-refractivity contribution in [3.63, 3.8) is 0 Å². The van der Waals surface area contributed by atoms with Crippen molar-refractivity contribution in [2.45, 2.75) is 96.9 Å². The molecule has 4 aliphatic rings. The number of carbonyl (C=O) groups excluding carboxylic acids is 4. The number of benzene rings is 1. The monoisotopic (exact) mass is 808 g/mol. The average molecular weight is 809 g/mol. The van der Waals surface area contributed by atoms with E-state index < -0.39 is 22.8 Å². The molecular formula is C48H52N6O6. The molecule has 1 aromatic carbocycles. The summed E-state index contributed by atoms with van der Waals surface area (Å²) in [5.41, 5.74) is 20.5. The number of allylic oxidation sites excluding steroid dienone is 2. The van der Waals surface area contributed by atoms with Crippen LogP contribution >= 0.6 is 0 Å². The molecule has 6 heterocycles. The number of H-pyrrole nitrogens is 2. The Labute approximate surface area is 349 Å². The van der Waals surface area contributed by atoms with Gasteiger partial charge in [0.25, 0.3) is 0 Å². The third kappa shape index (κ3) is 5.70. The number of methoxy groups -OCH3 is 2. The van der Waals surface area contributed by atoms with Gasteiger partial charge in [-0.15, -0.1) is 0 Å². The Balaban J connectivity index is 1.60. The molecule has 4 aromatic rings. The first-order valence-electron chi connectivity index (χ1n) is 20.6. The van der Waals surface area contributed by atoms with Gasteiger partial charge in [0, 0.05) is 64.3 Å². The molecule has 3 unspecified atom stereocenters. The Morgan fingerprint density at radius 2 is 1.50 bits per heavy atom. The number of anilines is 1. The van der Waals surface area contributed by atoms with Gasteiger partial charge < -0.3 is 30.1 Å². The fourth-order valence-corrected chi connectivity index (χ4v) is 10.8. The van der Waals surface area contributed by atoms with Crippen LogP contribution in [0.25, 0.3) is 39.3 Å². The Morgan fingerprint density at radius 1 is 0.883 bits per heavy atom. The maximum Gasteiger partial charge on any atom is 0.305 e. The van der Waals surface area contributed by atoms with E-state index in [1.165, 1.54) is 14.2 Å². The van der Waals surface area contributed by atoms with Gasteiger partial charge in [-0.1, -0.05) is 13.8 Å². The van der Waals surface area contributed by atoms with E-state index in [2.05, 4.69) is 60.8 Å². The molecule has 12 nitrogen and oxygen atoms in total. The lowest BCUT2D eigenvalue weighted by Crippen LogP contribution is -2.64. The number of carbonyl (C=O) groups is 4.